The molecular formula is C19H15N3O2S. The van der Waals surface area contributed by atoms with Gasteiger partial charge in [0.25, 0.3) is 0 Å². The smallest absolute Gasteiger partial charge is 0.300 e. The Balaban J connectivity index is 1.93. The number of rotatable bonds is 3. The third kappa shape index (κ3) is 2.70. The normalized spacial score (nSPS) is 11.0. The van der Waals surface area contributed by atoms with Gasteiger partial charge >= 0.3 is 5.56 Å². The lowest BCUT2D eigenvalue weighted by atomic mass is 10.1. The maximum Gasteiger partial charge on any atom is 0.300 e. The van der Waals surface area contributed by atoms with Gasteiger partial charge in [0.15, 0.2) is 5.69 Å². The highest BCUT2D eigenvalue weighted by Crippen LogP contribution is 2.29. The van der Waals surface area contributed by atoms with Gasteiger partial charge in [-0.1, -0.05) is 30.3 Å². The minimum absolute atomic E-state index is 0.314. The van der Waals surface area contributed by atoms with E-state index >= 15 is 0 Å². The highest BCUT2D eigenvalue weighted by molar-refractivity contribution is 7.15. The summed E-state index contributed by atoms with van der Waals surface area (Å²) < 4.78 is 7.01. The van der Waals surface area contributed by atoms with Gasteiger partial charge in [0.1, 0.15) is 5.75 Å². The first-order valence-electron chi connectivity index (χ1n) is 7.76. The number of benzene rings is 2. The summed E-state index contributed by atoms with van der Waals surface area (Å²) in [7, 11) is 1.65. The predicted molar refractivity (Wildman–Crippen MR) is 99.3 cm³/mol. The summed E-state index contributed by atoms with van der Waals surface area (Å²) in [6.07, 6.45) is 0. The first-order valence-corrected chi connectivity index (χ1v) is 8.64. The molecule has 0 aliphatic carbocycles. The highest BCUT2D eigenvalue weighted by atomic mass is 32.1. The fourth-order valence-electron chi connectivity index (χ4n) is 2.77. The van der Waals surface area contributed by atoms with E-state index in [4.69, 9.17) is 4.74 Å². The van der Waals surface area contributed by atoms with Crippen LogP contribution in [0.4, 0.5) is 0 Å². The second-order valence-corrected chi connectivity index (χ2v) is 6.46. The van der Waals surface area contributed by atoms with E-state index in [2.05, 4.69) is 10.1 Å². The SMILES string of the molecule is COc1ccc(-c2csc3nc(=O)c(-c4ccccc4)nn23)c(C)c1. The van der Waals surface area contributed by atoms with Crippen molar-refractivity contribution in [1.82, 2.24) is 14.6 Å². The van der Waals surface area contributed by atoms with E-state index in [9.17, 15) is 4.79 Å². The first-order chi connectivity index (χ1) is 12.2. The Hall–Kier alpha value is -2.99. The monoisotopic (exact) mass is 349 g/mol. The maximum absolute atomic E-state index is 12.3. The molecule has 2 aromatic carbocycles. The third-order valence-corrected chi connectivity index (χ3v) is 4.86. The van der Waals surface area contributed by atoms with Crippen LogP contribution in [-0.4, -0.2) is 21.7 Å². The number of hydrogen-bond acceptors (Lipinski definition) is 5. The van der Waals surface area contributed by atoms with Gasteiger partial charge in [-0.15, -0.1) is 11.3 Å². The van der Waals surface area contributed by atoms with Crippen molar-refractivity contribution in [3.8, 4) is 28.3 Å². The first kappa shape index (κ1) is 15.5. The molecule has 124 valence electrons. The summed E-state index contributed by atoms with van der Waals surface area (Å²) in [4.78, 5) is 17.1. The fraction of sp³-hybridized carbons (Fsp3) is 0.105. The van der Waals surface area contributed by atoms with Crippen molar-refractivity contribution in [2.75, 3.05) is 7.11 Å². The lowest BCUT2D eigenvalue weighted by Gasteiger charge is -2.08. The predicted octanol–water partition coefficient (Wildman–Crippen LogP) is 3.80. The summed E-state index contributed by atoms with van der Waals surface area (Å²) in [5.41, 5.74) is 3.81. The molecule has 2 aromatic heterocycles. The minimum atomic E-state index is -0.314. The number of aryl methyl sites for hydroxylation is 1. The van der Waals surface area contributed by atoms with E-state index in [1.165, 1.54) is 11.3 Å². The molecule has 0 radical (unpaired) electrons. The van der Waals surface area contributed by atoms with Gasteiger partial charge in [0.05, 0.1) is 12.8 Å². The van der Waals surface area contributed by atoms with Crippen LogP contribution in [0.2, 0.25) is 0 Å². The average Bonchev–Trinajstić information content (AvgIpc) is 3.04. The van der Waals surface area contributed by atoms with E-state index in [-0.39, 0.29) is 5.56 Å². The fourth-order valence-corrected chi connectivity index (χ4v) is 3.59. The molecule has 25 heavy (non-hydrogen) atoms. The van der Waals surface area contributed by atoms with E-state index in [1.54, 1.807) is 11.6 Å². The van der Waals surface area contributed by atoms with Crippen molar-refractivity contribution in [3.05, 3.63) is 69.8 Å². The van der Waals surface area contributed by atoms with Crippen molar-refractivity contribution < 1.29 is 4.74 Å². The standard InChI is InChI=1S/C19H15N3O2S/c1-12-10-14(24-2)8-9-15(12)16-11-25-19-20-18(23)17(21-22(16)19)13-6-4-3-5-7-13/h3-11H,1-2H3. The second kappa shape index (κ2) is 6.14. The van der Waals surface area contributed by atoms with Crippen LogP contribution in [0.25, 0.3) is 27.5 Å². The van der Waals surface area contributed by atoms with Crippen LogP contribution in [-0.2, 0) is 0 Å². The summed E-state index contributed by atoms with van der Waals surface area (Å²) in [5, 5.41) is 6.56. The second-order valence-electron chi connectivity index (χ2n) is 5.63. The van der Waals surface area contributed by atoms with E-state index in [0.29, 0.717) is 10.7 Å². The molecule has 0 N–H and O–H groups in total. The third-order valence-electron chi connectivity index (χ3n) is 4.04. The molecule has 5 nitrogen and oxygen atoms in total. The number of ether oxygens (including phenoxy) is 1. The molecular weight excluding hydrogens is 334 g/mol. The Labute approximate surface area is 148 Å². The van der Waals surface area contributed by atoms with Crippen molar-refractivity contribution in [3.63, 3.8) is 0 Å². The number of thiazole rings is 1. The van der Waals surface area contributed by atoms with Gasteiger partial charge in [0, 0.05) is 16.5 Å². The molecule has 0 fully saturated rings. The molecule has 0 amide bonds. The van der Waals surface area contributed by atoms with Crippen molar-refractivity contribution in [2.24, 2.45) is 0 Å². The van der Waals surface area contributed by atoms with Crippen LogP contribution in [0.1, 0.15) is 5.56 Å². The van der Waals surface area contributed by atoms with Crippen molar-refractivity contribution in [2.45, 2.75) is 6.92 Å². The van der Waals surface area contributed by atoms with Crippen LogP contribution in [0.15, 0.2) is 58.7 Å². The zero-order valence-electron chi connectivity index (χ0n) is 13.8. The highest BCUT2D eigenvalue weighted by Gasteiger charge is 2.14. The lowest BCUT2D eigenvalue weighted by molar-refractivity contribution is 0.414. The van der Waals surface area contributed by atoms with E-state index in [1.807, 2.05) is 60.8 Å². The van der Waals surface area contributed by atoms with Gasteiger partial charge in [-0.3, -0.25) is 4.79 Å². The van der Waals surface area contributed by atoms with Crippen LogP contribution in [0.5, 0.6) is 5.75 Å². The van der Waals surface area contributed by atoms with E-state index < -0.39 is 0 Å². The van der Waals surface area contributed by atoms with Crippen LogP contribution in [0, 0.1) is 6.92 Å². The molecule has 0 saturated heterocycles. The summed E-state index contributed by atoms with van der Waals surface area (Å²) in [6.45, 7) is 2.02. The van der Waals surface area contributed by atoms with Crippen LogP contribution in [0.3, 0.4) is 0 Å². The molecule has 0 aliphatic rings. The van der Waals surface area contributed by atoms with Gasteiger partial charge in [-0.05, 0) is 30.7 Å². The molecule has 0 aliphatic heterocycles. The molecule has 0 spiro atoms. The molecule has 0 saturated carbocycles. The molecule has 0 bridgehead atoms. The van der Waals surface area contributed by atoms with Gasteiger partial charge in [-0.2, -0.15) is 10.1 Å². The molecule has 2 heterocycles. The number of nitrogens with zero attached hydrogens (tertiary/aromatic N) is 3. The molecule has 4 rings (SSSR count). The van der Waals surface area contributed by atoms with Crippen molar-refractivity contribution in [1.29, 1.82) is 0 Å². The Morgan fingerprint density at radius 1 is 1.12 bits per heavy atom. The van der Waals surface area contributed by atoms with Gasteiger partial charge in [-0.25, -0.2) is 4.52 Å². The zero-order valence-corrected chi connectivity index (χ0v) is 14.6. The molecule has 0 atom stereocenters. The number of hydrogen-bond donors (Lipinski definition) is 0. The largest absolute Gasteiger partial charge is 0.497 e. The summed E-state index contributed by atoms with van der Waals surface area (Å²) in [5.74, 6) is 0.809. The average molecular weight is 349 g/mol. The lowest BCUT2D eigenvalue weighted by Crippen LogP contribution is -2.14. The Bertz CT molecular complexity index is 1120. The molecule has 6 heteroatoms. The Morgan fingerprint density at radius 2 is 1.92 bits per heavy atom. The topological polar surface area (TPSA) is 56.5 Å². The number of aromatic nitrogens is 3. The van der Waals surface area contributed by atoms with Crippen molar-refractivity contribution >= 4 is 16.3 Å². The van der Waals surface area contributed by atoms with Gasteiger partial charge < -0.3 is 4.74 Å². The van der Waals surface area contributed by atoms with E-state index in [0.717, 1.165) is 28.1 Å². The maximum atomic E-state index is 12.3. The number of fused-ring (bicyclic) bond motifs is 1. The summed E-state index contributed by atoms with van der Waals surface area (Å²) in [6, 6.07) is 15.3. The minimum Gasteiger partial charge on any atom is -0.497 e. The Morgan fingerprint density at radius 3 is 2.64 bits per heavy atom. The van der Waals surface area contributed by atoms with Crippen LogP contribution < -0.4 is 10.3 Å². The molecule has 4 aromatic rings. The molecule has 0 unspecified atom stereocenters. The Kier molecular flexibility index (Phi) is 3.82. The summed E-state index contributed by atoms with van der Waals surface area (Å²) >= 11 is 1.40. The number of methoxy groups -OCH3 is 1. The quantitative estimate of drug-likeness (QED) is 0.564. The van der Waals surface area contributed by atoms with Crippen LogP contribution >= 0.6 is 11.3 Å². The van der Waals surface area contributed by atoms with Gasteiger partial charge in [0.2, 0.25) is 4.96 Å². The zero-order chi connectivity index (χ0) is 17.4.